The molecule has 0 aromatic carbocycles. The molecule has 21 heavy (non-hydrogen) atoms. The third-order valence-electron chi connectivity index (χ3n) is 5.46. The van der Waals surface area contributed by atoms with Crippen LogP contribution in [0.15, 0.2) is 0 Å². The van der Waals surface area contributed by atoms with Crippen LogP contribution in [0.3, 0.4) is 0 Å². The second-order valence-electron chi connectivity index (χ2n) is 6.93. The Labute approximate surface area is 132 Å². The Morgan fingerprint density at radius 3 is 2.71 bits per heavy atom. The maximum atomic E-state index is 12.9. The van der Waals surface area contributed by atoms with Gasteiger partial charge in [0.05, 0.1) is 6.10 Å². The van der Waals surface area contributed by atoms with E-state index < -0.39 is 0 Å². The molecule has 120 valence electrons. The lowest BCUT2D eigenvalue weighted by molar-refractivity contribution is -0.138. The lowest BCUT2D eigenvalue weighted by Crippen LogP contribution is -2.49. The number of ether oxygens (including phenoxy) is 1. The number of thioether (sulfide) groups is 1. The number of rotatable bonds is 6. The van der Waals surface area contributed by atoms with Gasteiger partial charge in [-0.3, -0.25) is 4.79 Å². The molecule has 3 aliphatic rings. The molecule has 3 fully saturated rings. The van der Waals surface area contributed by atoms with E-state index in [1.165, 1.54) is 12.2 Å². The lowest BCUT2D eigenvalue weighted by atomic mass is 9.66. The Balaban J connectivity index is 1.63. The zero-order valence-corrected chi connectivity index (χ0v) is 13.7. The molecule has 2 N–H and O–H groups in total. The second kappa shape index (κ2) is 6.88. The second-order valence-corrected chi connectivity index (χ2v) is 8.08. The minimum atomic E-state index is 0.109. The molecule has 2 saturated heterocycles. The smallest absolute Gasteiger partial charge is 0.223 e. The molecule has 0 radical (unpaired) electrons. The molecule has 0 spiro atoms. The van der Waals surface area contributed by atoms with Gasteiger partial charge in [0.25, 0.3) is 0 Å². The van der Waals surface area contributed by atoms with Gasteiger partial charge >= 0.3 is 0 Å². The highest BCUT2D eigenvalue weighted by Crippen LogP contribution is 2.43. The average Bonchev–Trinajstić information content (AvgIpc) is 3.12. The van der Waals surface area contributed by atoms with E-state index in [0.717, 1.165) is 51.0 Å². The van der Waals surface area contributed by atoms with Gasteiger partial charge in [0.15, 0.2) is 0 Å². The summed E-state index contributed by atoms with van der Waals surface area (Å²) in [6.45, 7) is 2.31. The number of nitrogens with zero attached hydrogens (tertiary/aromatic N) is 1. The summed E-state index contributed by atoms with van der Waals surface area (Å²) in [6.07, 6.45) is 7.77. The first-order valence-corrected chi connectivity index (χ1v) is 9.57. The van der Waals surface area contributed by atoms with E-state index in [-0.39, 0.29) is 11.5 Å². The summed E-state index contributed by atoms with van der Waals surface area (Å²) in [5, 5.41) is 0. The van der Waals surface area contributed by atoms with Gasteiger partial charge in [-0.05, 0) is 49.8 Å². The fourth-order valence-corrected chi connectivity index (χ4v) is 5.01. The SMILES string of the molecule is NCC1(CC(=O)N(CC2CCCO2)C2CCSC2)CCC1. The molecule has 4 nitrogen and oxygen atoms in total. The Hall–Kier alpha value is -0.260. The summed E-state index contributed by atoms with van der Waals surface area (Å²) in [4.78, 5) is 15.0. The highest BCUT2D eigenvalue weighted by atomic mass is 32.2. The maximum absolute atomic E-state index is 12.9. The van der Waals surface area contributed by atoms with Crippen molar-refractivity contribution in [3.8, 4) is 0 Å². The molecule has 5 heteroatoms. The van der Waals surface area contributed by atoms with Gasteiger partial charge in [0, 0.05) is 31.4 Å². The van der Waals surface area contributed by atoms with Crippen molar-refractivity contribution in [2.24, 2.45) is 11.1 Å². The minimum Gasteiger partial charge on any atom is -0.376 e. The molecule has 2 unspecified atom stereocenters. The van der Waals surface area contributed by atoms with Crippen LogP contribution in [0, 0.1) is 5.41 Å². The van der Waals surface area contributed by atoms with Gasteiger partial charge in [-0.1, -0.05) is 6.42 Å². The summed E-state index contributed by atoms with van der Waals surface area (Å²) < 4.78 is 5.76. The van der Waals surface area contributed by atoms with Crippen LogP contribution in [-0.4, -0.2) is 54.2 Å². The lowest BCUT2D eigenvalue weighted by Gasteiger charge is -2.42. The van der Waals surface area contributed by atoms with Gasteiger partial charge in [0.2, 0.25) is 5.91 Å². The Bertz CT molecular complexity index is 356. The number of amides is 1. The summed E-state index contributed by atoms with van der Waals surface area (Å²) in [6, 6.07) is 0.418. The predicted octanol–water partition coefficient (Wildman–Crippen LogP) is 2.02. The molecule has 0 aromatic rings. The van der Waals surface area contributed by atoms with Crippen LogP contribution >= 0.6 is 11.8 Å². The van der Waals surface area contributed by atoms with Gasteiger partial charge < -0.3 is 15.4 Å². The molecular formula is C16H28N2O2S. The minimum absolute atomic E-state index is 0.109. The van der Waals surface area contributed by atoms with Crippen molar-refractivity contribution in [3.05, 3.63) is 0 Å². The number of carbonyl (C=O) groups excluding carboxylic acids is 1. The molecule has 1 amide bonds. The first-order valence-electron chi connectivity index (χ1n) is 8.41. The zero-order valence-electron chi connectivity index (χ0n) is 12.9. The van der Waals surface area contributed by atoms with E-state index in [9.17, 15) is 4.79 Å². The zero-order chi connectivity index (χ0) is 14.7. The summed E-state index contributed by atoms with van der Waals surface area (Å²) in [7, 11) is 0. The Kier molecular flexibility index (Phi) is 5.12. The molecule has 2 aliphatic heterocycles. The molecule has 3 rings (SSSR count). The summed E-state index contributed by atoms with van der Waals surface area (Å²) >= 11 is 1.97. The van der Waals surface area contributed by atoms with E-state index in [1.54, 1.807) is 0 Å². The number of hydrogen-bond donors (Lipinski definition) is 1. The van der Waals surface area contributed by atoms with Crippen LogP contribution in [0.1, 0.15) is 44.9 Å². The molecule has 2 atom stereocenters. The molecule has 0 aromatic heterocycles. The van der Waals surface area contributed by atoms with Crippen LogP contribution in [-0.2, 0) is 9.53 Å². The average molecular weight is 312 g/mol. The maximum Gasteiger partial charge on any atom is 0.223 e. The van der Waals surface area contributed by atoms with Crippen LogP contribution < -0.4 is 5.73 Å². The monoisotopic (exact) mass is 312 g/mol. The highest BCUT2D eigenvalue weighted by Gasteiger charge is 2.40. The molecule has 1 saturated carbocycles. The van der Waals surface area contributed by atoms with Crippen molar-refractivity contribution in [3.63, 3.8) is 0 Å². The van der Waals surface area contributed by atoms with E-state index >= 15 is 0 Å². The standard InChI is InChI=1S/C16H28N2O2S/c17-12-16(5-2-6-16)9-15(19)18(13-4-8-21-11-13)10-14-3-1-7-20-14/h13-14H,1-12,17H2. The fourth-order valence-electron chi connectivity index (χ4n) is 3.78. The number of hydrogen-bond acceptors (Lipinski definition) is 4. The quantitative estimate of drug-likeness (QED) is 0.815. The molecular weight excluding hydrogens is 284 g/mol. The fraction of sp³-hybridized carbons (Fsp3) is 0.938. The Morgan fingerprint density at radius 1 is 1.33 bits per heavy atom. The van der Waals surface area contributed by atoms with Crippen LogP contribution in [0.5, 0.6) is 0 Å². The largest absolute Gasteiger partial charge is 0.376 e. The van der Waals surface area contributed by atoms with Crippen molar-refractivity contribution in [1.82, 2.24) is 4.90 Å². The predicted molar refractivity (Wildman–Crippen MR) is 86.4 cm³/mol. The normalized spacial score (nSPS) is 31.1. The van der Waals surface area contributed by atoms with Crippen LogP contribution in [0.25, 0.3) is 0 Å². The number of carbonyl (C=O) groups is 1. The van der Waals surface area contributed by atoms with Crippen molar-refractivity contribution in [2.45, 2.75) is 57.1 Å². The Morgan fingerprint density at radius 2 is 2.19 bits per heavy atom. The summed E-state index contributed by atoms with van der Waals surface area (Å²) in [5.41, 5.74) is 6.04. The third kappa shape index (κ3) is 3.57. The molecule has 2 heterocycles. The van der Waals surface area contributed by atoms with E-state index in [4.69, 9.17) is 10.5 Å². The van der Waals surface area contributed by atoms with E-state index in [1.807, 2.05) is 11.8 Å². The van der Waals surface area contributed by atoms with Crippen molar-refractivity contribution >= 4 is 17.7 Å². The molecule has 0 bridgehead atoms. The topological polar surface area (TPSA) is 55.6 Å². The van der Waals surface area contributed by atoms with E-state index in [0.29, 0.717) is 24.9 Å². The van der Waals surface area contributed by atoms with Crippen LogP contribution in [0.4, 0.5) is 0 Å². The molecule has 1 aliphatic carbocycles. The highest BCUT2D eigenvalue weighted by molar-refractivity contribution is 7.99. The van der Waals surface area contributed by atoms with Crippen LogP contribution in [0.2, 0.25) is 0 Å². The van der Waals surface area contributed by atoms with Crippen molar-refractivity contribution in [2.75, 3.05) is 31.2 Å². The van der Waals surface area contributed by atoms with Gasteiger partial charge in [-0.25, -0.2) is 0 Å². The number of nitrogens with two attached hydrogens (primary N) is 1. The first-order chi connectivity index (χ1) is 10.2. The van der Waals surface area contributed by atoms with Gasteiger partial charge in [0.1, 0.15) is 0 Å². The van der Waals surface area contributed by atoms with Crippen molar-refractivity contribution < 1.29 is 9.53 Å². The van der Waals surface area contributed by atoms with Gasteiger partial charge in [-0.15, -0.1) is 0 Å². The third-order valence-corrected chi connectivity index (χ3v) is 6.61. The van der Waals surface area contributed by atoms with E-state index in [2.05, 4.69) is 4.90 Å². The first kappa shape index (κ1) is 15.6. The summed E-state index contributed by atoms with van der Waals surface area (Å²) in [5.74, 6) is 2.60. The van der Waals surface area contributed by atoms with Crippen molar-refractivity contribution in [1.29, 1.82) is 0 Å². The van der Waals surface area contributed by atoms with Gasteiger partial charge in [-0.2, -0.15) is 11.8 Å².